The molecule has 0 fully saturated rings. The minimum atomic E-state index is 0.293. The van der Waals surface area contributed by atoms with Crippen LogP contribution in [0.2, 0.25) is 0 Å². The van der Waals surface area contributed by atoms with Crippen LogP contribution in [0, 0.1) is 0 Å². The Hall–Kier alpha value is -2.09. The molecule has 90 valence electrons. The van der Waals surface area contributed by atoms with E-state index in [4.69, 9.17) is 0 Å². The van der Waals surface area contributed by atoms with Gasteiger partial charge in [0, 0.05) is 19.0 Å². The van der Waals surface area contributed by atoms with E-state index >= 15 is 0 Å². The fourth-order valence-corrected chi connectivity index (χ4v) is 2.68. The second-order valence-corrected chi connectivity index (χ2v) is 4.70. The molecule has 2 heteroatoms. The first-order valence-electron chi connectivity index (χ1n) is 6.20. The van der Waals surface area contributed by atoms with E-state index in [0.717, 1.165) is 19.5 Å². The number of nitrogens with zero attached hydrogens (tertiary/aromatic N) is 1. The van der Waals surface area contributed by atoms with Crippen molar-refractivity contribution < 1.29 is 4.79 Å². The van der Waals surface area contributed by atoms with Gasteiger partial charge in [0.25, 0.3) is 0 Å². The van der Waals surface area contributed by atoms with Crippen molar-refractivity contribution in [1.29, 1.82) is 0 Å². The Kier molecular flexibility index (Phi) is 2.85. The van der Waals surface area contributed by atoms with Crippen molar-refractivity contribution in [3.05, 3.63) is 71.3 Å². The molecule has 0 saturated carbocycles. The quantitative estimate of drug-likeness (QED) is 0.735. The molecule has 1 heterocycles. The lowest BCUT2D eigenvalue weighted by molar-refractivity contribution is -0.119. The zero-order valence-corrected chi connectivity index (χ0v) is 10.1. The van der Waals surface area contributed by atoms with Crippen LogP contribution in [0.15, 0.2) is 54.6 Å². The fraction of sp³-hybridized carbons (Fsp3) is 0.188. The summed E-state index contributed by atoms with van der Waals surface area (Å²) in [6, 6.07) is 18.8. The Morgan fingerprint density at radius 2 is 1.72 bits per heavy atom. The average molecular weight is 237 g/mol. The van der Waals surface area contributed by atoms with E-state index in [0.29, 0.717) is 5.92 Å². The van der Waals surface area contributed by atoms with Gasteiger partial charge in [-0.1, -0.05) is 54.6 Å². The van der Waals surface area contributed by atoms with Crippen LogP contribution in [-0.4, -0.2) is 17.9 Å². The van der Waals surface area contributed by atoms with Gasteiger partial charge in [-0.15, -0.1) is 0 Å². The maximum Gasteiger partial charge on any atom is 0.210 e. The minimum Gasteiger partial charge on any atom is -0.340 e. The fourth-order valence-electron chi connectivity index (χ4n) is 2.68. The highest BCUT2D eigenvalue weighted by molar-refractivity contribution is 5.51. The Morgan fingerprint density at radius 3 is 2.50 bits per heavy atom. The van der Waals surface area contributed by atoms with Crippen molar-refractivity contribution in [2.45, 2.75) is 12.5 Å². The van der Waals surface area contributed by atoms with Crippen LogP contribution in [0.25, 0.3) is 0 Å². The second-order valence-electron chi connectivity index (χ2n) is 4.70. The molecule has 0 unspecified atom stereocenters. The van der Waals surface area contributed by atoms with Crippen LogP contribution >= 0.6 is 0 Å². The van der Waals surface area contributed by atoms with E-state index in [9.17, 15) is 4.79 Å². The number of carbonyl (C=O) groups is 1. The molecule has 0 aromatic heterocycles. The summed E-state index contributed by atoms with van der Waals surface area (Å²) in [5.41, 5.74) is 3.88. The minimum absolute atomic E-state index is 0.293. The van der Waals surface area contributed by atoms with Gasteiger partial charge in [-0.05, 0) is 16.7 Å². The van der Waals surface area contributed by atoms with Gasteiger partial charge in [-0.25, -0.2) is 0 Å². The number of hydrogen-bond donors (Lipinski definition) is 0. The molecular formula is C16H15NO. The molecule has 1 aliphatic rings. The van der Waals surface area contributed by atoms with E-state index in [1.807, 2.05) is 17.0 Å². The molecular weight excluding hydrogens is 222 g/mol. The molecule has 0 spiro atoms. The van der Waals surface area contributed by atoms with Gasteiger partial charge in [0.2, 0.25) is 6.41 Å². The largest absolute Gasteiger partial charge is 0.340 e. The summed E-state index contributed by atoms with van der Waals surface area (Å²) in [6.45, 7) is 1.49. The number of rotatable bonds is 2. The third kappa shape index (κ3) is 1.90. The SMILES string of the molecule is O=CN1Cc2ccccc2[C@@H](c2ccccc2)C1. The Morgan fingerprint density at radius 1 is 1.00 bits per heavy atom. The standard InChI is InChI=1S/C16H15NO/c18-12-17-10-14-8-4-5-9-15(14)16(11-17)13-6-2-1-3-7-13/h1-9,12,16H,10-11H2/t16-/m1/s1. The lowest BCUT2D eigenvalue weighted by atomic mass is 9.85. The van der Waals surface area contributed by atoms with Crippen LogP contribution in [-0.2, 0) is 11.3 Å². The molecule has 0 N–H and O–H groups in total. The van der Waals surface area contributed by atoms with E-state index in [-0.39, 0.29) is 0 Å². The molecule has 0 aliphatic carbocycles. The van der Waals surface area contributed by atoms with E-state index in [1.165, 1.54) is 16.7 Å². The van der Waals surface area contributed by atoms with Gasteiger partial charge in [0.05, 0.1) is 0 Å². The van der Waals surface area contributed by atoms with Crippen molar-refractivity contribution in [3.63, 3.8) is 0 Å². The Labute approximate surface area is 107 Å². The normalized spacial score (nSPS) is 18.2. The van der Waals surface area contributed by atoms with Gasteiger partial charge in [0.15, 0.2) is 0 Å². The summed E-state index contributed by atoms with van der Waals surface area (Å²) < 4.78 is 0. The summed E-state index contributed by atoms with van der Waals surface area (Å²) in [5, 5.41) is 0. The summed E-state index contributed by atoms with van der Waals surface area (Å²) in [7, 11) is 0. The maximum atomic E-state index is 11.1. The number of carbonyl (C=O) groups excluding carboxylic acids is 1. The van der Waals surface area contributed by atoms with Crippen molar-refractivity contribution >= 4 is 6.41 Å². The first kappa shape index (κ1) is 11.0. The van der Waals surface area contributed by atoms with E-state index in [1.54, 1.807) is 0 Å². The van der Waals surface area contributed by atoms with E-state index < -0.39 is 0 Å². The third-order valence-electron chi connectivity index (χ3n) is 3.57. The molecule has 1 atom stereocenters. The van der Waals surface area contributed by atoms with Crippen LogP contribution in [0.5, 0.6) is 0 Å². The number of amides is 1. The summed E-state index contributed by atoms with van der Waals surface area (Å²) in [6.07, 6.45) is 0.950. The highest BCUT2D eigenvalue weighted by Gasteiger charge is 2.25. The van der Waals surface area contributed by atoms with Crippen LogP contribution in [0.3, 0.4) is 0 Å². The molecule has 1 amide bonds. The van der Waals surface area contributed by atoms with Crippen LogP contribution in [0.1, 0.15) is 22.6 Å². The topological polar surface area (TPSA) is 20.3 Å². The molecule has 3 rings (SSSR count). The summed E-state index contributed by atoms with van der Waals surface area (Å²) in [5.74, 6) is 0.293. The lowest BCUT2D eigenvalue weighted by Crippen LogP contribution is -2.32. The average Bonchev–Trinajstić information content (AvgIpc) is 2.47. The number of benzene rings is 2. The van der Waals surface area contributed by atoms with Crippen LogP contribution in [0.4, 0.5) is 0 Å². The molecule has 2 aromatic rings. The molecule has 0 bridgehead atoms. The molecule has 1 aliphatic heterocycles. The molecule has 0 radical (unpaired) electrons. The molecule has 0 saturated heterocycles. The zero-order chi connectivity index (χ0) is 12.4. The lowest BCUT2D eigenvalue weighted by Gasteiger charge is -2.32. The first-order valence-corrected chi connectivity index (χ1v) is 6.20. The van der Waals surface area contributed by atoms with Crippen molar-refractivity contribution in [2.24, 2.45) is 0 Å². The third-order valence-corrected chi connectivity index (χ3v) is 3.57. The van der Waals surface area contributed by atoms with Gasteiger partial charge in [-0.2, -0.15) is 0 Å². The summed E-state index contributed by atoms with van der Waals surface area (Å²) >= 11 is 0. The highest BCUT2D eigenvalue weighted by Crippen LogP contribution is 2.32. The van der Waals surface area contributed by atoms with Gasteiger partial charge < -0.3 is 4.90 Å². The molecule has 2 nitrogen and oxygen atoms in total. The second kappa shape index (κ2) is 4.65. The highest BCUT2D eigenvalue weighted by atomic mass is 16.1. The first-order chi connectivity index (χ1) is 8.88. The molecule has 2 aromatic carbocycles. The predicted octanol–water partition coefficient (Wildman–Crippen LogP) is 2.79. The number of hydrogen-bond acceptors (Lipinski definition) is 1. The van der Waals surface area contributed by atoms with Crippen LogP contribution < -0.4 is 0 Å². The van der Waals surface area contributed by atoms with Gasteiger partial charge in [-0.3, -0.25) is 4.79 Å². The van der Waals surface area contributed by atoms with Crippen molar-refractivity contribution in [3.8, 4) is 0 Å². The van der Waals surface area contributed by atoms with Crippen molar-refractivity contribution in [2.75, 3.05) is 6.54 Å². The monoisotopic (exact) mass is 237 g/mol. The summed E-state index contributed by atoms with van der Waals surface area (Å²) in [4.78, 5) is 12.9. The van der Waals surface area contributed by atoms with Gasteiger partial charge >= 0.3 is 0 Å². The predicted molar refractivity (Wildman–Crippen MR) is 71.2 cm³/mol. The zero-order valence-electron chi connectivity index (χ0n) is 10.1. The smallest absolute Gasteiger partial charge is 0.210 e. The van der Waals surface area contributed by atoms with Gasteiger partial charge in [0.1, 0.15) is 0 Å². The Bertz CT molecular complexity index is 550. The number of fused-ring (bicyclic) bond motifs is 1. The maximum absolute atomic E-state index is 11.1. The Balaban J connectivity index is 2.06. The van der Waals surface area contributed by atoms with E-state index in [2.05, 4.69) is 42.5 Å². The van der Waals surface area contributed by atoms with Crippen molar-refractivity contribution in [1.82, 2.24) is 4.90 Å². The molecule has 18 heavy (non-hydrogen) atoms.